The number of benzene rings is 1. The van der Waals surface area contributed by atoms with Gasteiger partial charge in [0.05, 0.1) is 18.6 Å². The van der Waals surface area contributed by atoms with Gasteiger partial charge in [-0.1, -0.05) is 25.5 Å². The Morgan fingerprint density at radius 1 is 1.27 bits per heavy atom. The first-order chi connectivity index (χ1) is 12.4. The van der Waals surface area contributed by atoms with Crippen molar-refractivity contribution < 1.29 is 27.5 Å². The molecule has 1 unspecified atom stereocenters. The van der Waals surface area contributed by atoms with Gasteiger partial charge in [0.15, 0.2) is 16.4 Å². The number of carbonyl (C=O) groups is 2. The quantitative estimate of drug-likeness (QED) is 0.634. The van der Waals surface area contributed by atoms with Gasteiger partial charge in [-0.3, -0.25) is 4.79 Å². The molecule has 1 aromatic rings. The number of unbranched alkanes of at least 4 members (excludes halogenated alkanes) is 1. The Balaban J connectivity index is 2.01. The minimum absolute atomic E-state index is 0.0249. The molecule has 1 heterocycles. The number of hydrogen-bond acceptors (Lipinski definition) is 6. The second-order valence-corrected chi connectivity index (χ2v) is 8.50. The van der Waals surface area contributed by atoms with E-state index >= 15 is 0 Å². The van der Waals surface area contributed by atoms with Gasteiger partial charge in [0.25, 0.3) is 5.91 Å². The van der Waals surface area contributed by atoms with Gasteiger partial charge >= 0.3 is 5.97 Å². The number of ether oxygens (including phenoxy) is 2. The van der Waals surface area contributed by atoms with Crippen LogP contribution in [-0.2, 0) is 19.4 Å². The smallest absolute Gasteiger partial charge is 0.342 e. The largest absolute Gasteiger partial charge is 0.496 e. The van der Waals surface area contributed by atoms with Gasteiger partial charge in [0, 0.05) is 12.6 Å². The molecular weight excluding hydrogens is 358 g/mol. The van der Waals surface area contributed by atoms with E-state index in [9.17, 15) is 18.0 Å². The maximum absolute atomic E-state index is 12.6. The summed E-state index contributed by atoms with van der Waals surface area (Å²) in [6.07, 6.45) is 2.07. The first-order valence-electron chi connectivity index (χ1n) is 8.68. The van der Waals surface area contributed by atoms with Crippen molar-refractivity contribution in [1.29, 1.82) is 0 Å². The van der Waals surface area contributed by atoms with Gasteiger partial charge in [-0.15, -0.1) is 0 Å². The van der Waals surface area contributed by atoms with Crippen LogP contribution >= 0.6 is 0 Å². The lowest BCUT2D eigenvalue weighted by Crippen LogP contribution is -2.43. The second-order valence-electron chi connectivity index (χ2n) is 6.27. The Labute approximate surface area is 154 Å². The summed E-state index contributed by atoms with van der Waals surface area (Å²) in [7, 11) is -1.65. The summed E-state index contributed by atoms with van der Waals surface area (Å²) < 4.78 is 33.7. The van der Waals surface area contributed by atoms with Crippen molar-refractivity contribution in [2.75, 3.05) is 31.8 Å². The highest BCUT2D eigenvalue weighted by Crippen LogP contribution is 2.20. The van der Waals surface area contributed by atoms with E-state index in [4.69, 9.17) is 9.47 Å². The zero-order valence-electron chi connectivity index (χ0n) is 15.1. The minimum atomic E-state index is -3.10. The maximum atomic E-state index is 12.6. The van der Waals surface area contributed by atoms with E-state index in [1.165, 1.54) is 7.11 Å². The SMILES string of the molecule is CCCCN(C(=O)COC(=O)c1ccccc1OC)C1CCS(=O)(=O)C1. The van der Waals surface area contributed by atoms with E-state index in [-0.39, 0.29) is 29.0 Å². The Hall–Kier alpha value is -2.09. The summed E-state index contributed by atoms with van der Waals surface area (Å²) >= 11 is 0. The molecule has 1 saturated heterocycles. The predicted molar refractivity (Wildman–Crippen MR) is 97.0 cm³/mol. The summed E-state index contributed by atoms with van der Waals surface area (Å²) in [5, 5.41) is 0. The Bertz CT molecular complexity index is 746. The van der Waals surface area contributed by atoms with Gasteiger partial charge < -0.3 is 14.4 Å². The monoisotopic (exact) mass is 383 g/mol. The number of nitrogens with zero attached hydrogens (tertiary/aromatic N) is 1. The first kappa shape index (κ1) is 20.2. The van der Waals surface area contributed by atoms with Crippen LogP contribution in [0.3, 0.4) is 0 Å². The predicted octanol–water partition coefficient (Wildman–Crippen LogP) is 1.67. The zero-order valence-corrected chi connectivity index (χ0v) is 16.0. The fourth-order valence-electron chi connectivity index (χ4n) is 2.96. The number of hydrogen-bond donors (Lipinski definition) is 0. The van der Waals surface area contributed by atoms with Crippen molar-refractivity contribution in [1.82, 2.24) is 4.90 Å². The van der Waals surface area contributed by atoms with E-state index < -0.39 is 22.4 Å². The van der Waals surface area contributed by atoms with E-state index in [1.807, 2.05) is 6.92 Å². The van der Waals surface area contributed by atoms with E-state index in [2.05, 4.69) is 0 Å². The molecule has 144 valence electrons. The van der Waals surface area contributed by atoms with Crippen LogP contribution in [0, 0.1) is 0 Å². The summed E-state index contributed by atoms with van der Waals surface area (Å²) in [6, 6.07) is 6.26. The average Bonchev–Trinajstić information content (AvgIpc) is 2.99. The normalized spacial score (nSPS) is 18.3. The third-order valence-electron chi connectivity index (χ3n) is 4.38. The molecule has 0 aromatic heterocycles. The molecule has 1 atom stereocenters. The lowest BCUT2D eigenvalue weighted by molar-refractivity contribution is -0.136. The summed E-state index contributed by atoms with van der Waals surface area (Å²) in [6.45, 7) is 2.04. The summed E-state index contributed by atoms with van der Waals surface area (Å²) in [4.78, 5) is 26.3. The van der Waals surface area contributed by atoms with Crippen molar-refractivity contribution in [3.63, 3.8) is 0 Å². The fraction of sp³-hybridized carbons (Fsp3) is 0.556. The molecule has 1 aliphatic heterocycles. The minimum Gasteiger partial charge on any atom is -0.496 e. The molecule has 8 heteroatoms. The Morgan fingerprint density at radius 2 is 2.00 bits per heavy atom. The highest BCUT2D eigenvalue weighted by atomic mass is 32.2. The molecule has 1 aromatic carbocycles. The molecular formula is C18H25NO6S. The standard InChI is InChI=1S/C18H25NO6S/c1-3-4-10-19(14-9-11-26(22,23)13-14)17(20)12-25-18(21)15-7-5-6-8-16(15)24-2/h5-8,14H,3-4,9-13H2,1-2H3. The van der Waals surface area contributed by atoms with Crippen molar-refractivity contribution in [2.24, 2.45) is 0 Å². The van der Waals surface area contributed by atoms with Crippen LogP contribution in [0.4, 0.5) is 0 Å². The van der Waals surface area contributed by atoms with E-state index in [0.717, 1.165) is 12.8 Å². The van der Waals surface area contributed by atoms with E-state index in [1.54, 1.807) is 29.2 Å². The van der Waals surface area contributed by atoms with Gasteiger partial charge in [0.2, 0.25) is 0 Å². The molecule has 2 rings (SSSR count). The van der Waals surface area contributed by atoms with Crippen LogP contribution in [0.25, 0.3) is 0 Å². The Morgan fingerprint density at radius 3 is 2.62 bits per heavy atom. The first-order valence-corrected chi connectivity index (χ1v) is 10.5. The van der Waals surface area contributed by atoms with Crippen molar-refractivity contribution in [3.05, 3.63) is 29.8 Å². The molecule has 0 N–H and O–H groups in total. The molecule has 1 amide bonds. The summed E-state index contributed by atoms with van der Waals surface area (Å²) in [5.74, 6) is -0.582. The maximum Gasteiger partial charge on any atom is 0.342 e. The number of para-hydroxylation sites is 1. The van der Waals surface area contributed by atoms with Gasteiger partial charge in [-0.2, -0.15) is 0 Å². The van der Waals surface area contributed by atoms with Crippen LogP contribution in [0.1, 0.15) is 36.5 Å². The topological polar surface area (TPSA) is 90.0 Å². The van der Waals surface area contributed by atoms with Crippen LogP contribution < -0.4 is 4.74 Å². The molecule has 26 heavy (non-hydrogen) atoms. The molecule has 0 aliphatic carbocycles. The average molecular weight is 383 g/mol. The third kappa shape index (κ3) is 5.20. The lowest BCUT2D eigenvalue weighted by Gasteiger charge is -2.28. The van der Waals surface area contributed by atoms with Crippen molar-refractivity contribution in [3.8, 4) is 5.75 Å². The van der Waals surface area contributed by atoms with E-state index in [0.29, 0.717) is 18.7 Å². The molecule has 1 fully saturated rings. The van der Waals surface area contributed by atoms with Crippen LogP contribution in [0.2, 0.25) is 0 Å². The van der Waals surface area contributed by atoms with Crippen LogP contribution in [0.5, 0.6) is 5.75 Å². The number of esters is 1. The number of methoxy groups -OCH3 is 1. The molecule has 7 nitrogen and oxygen atoms in total. The Kier molecular flexibility index (Phi) is 7.02. The second kappa shape index (κ2) is 9.02. The van der Waals surface area contributed by atoms with Gasteiger partial charge in [0.1, 0.15) is 11.3 Å². The lowest BCUT2D eigenvalue weighted by atomic mass is 10.2. The number of rotatable bonds is 8. The molecule has 0 saturated carbocycles. The molecule has 1 aliphatic rings. The molecule has 0 bridgehead atoms. The third-order valence-corrected chi connectivity index (χ3v) is 6.13. The van der Waals surface area contributed by atoms with Crippen LogP contribution in [-0.4, -0.2) is 63.0 Å². The summed E-state index contributed by atoms with van der Waals surface area (Å²) in [5.41, 5.74) is 0.242. The number of sulfone groups is 1. The highest BCUT2D eigenvalue weighted by molar-refractivity contribution is 7.91. The highest BCUT2D eigenvalue weighted by Gasteiger charge is 2.34. The molecule has 0 spiro atoms. The number of amides is 1. The zero-order chi connectivity index (χ0) is 19.2. The number of carbonyl (C=O) groups excluding carboxylic acids is 2. The van der Waals surface area contributed by atoms with Crippen molar-refractivity contribution in [2.45, 2.75) is 32.2 Å². The fourth-order valence-corrected chi connectivity index (χ4v) is 4.69. The van der Waals surface area contributed by atoms with Gasteiger partial charge in [-0.05, 0) is 25.0 Å². The molecule has 0 radical (unpaired) electrons. The van der Waals surface area contributed by atoms with Crippen LogP contribution in [0.15, 0.2) is 24.3 Å². The van der Waals surface area contributed by atoms with Gasteiger partial charge in [-0.25, -0.2) is 13.2 Å². The van der Waals surface area contributed by atoms with Crippen molar-refractivity contribution >= 4 is 21.7 Å².